The maximum atomic E-state index is 5.93. The maximum Gasteiger partial charge on any atom is 0.263 e. The molecule has 0 radical (unpaired) electrons. The SMILES string of the molecule is Cc1oc(-c2ccco2)nc1COc1ccccc1-n1cnnc1. The van der Waals surface area contributed by atoms with Crippen LogP contribution in [0.1, 0.15) is 11.5 Å². The van der Waals surface area contributed by atoms with E-state index in [1.807, 2.05) is 31.2 Å². The molecule has 0 aliphatic rings. The predicted molar refractivity (Wildman–Crippen MR) is 84.6 cm³/mol. The van der Waals surface area contributed by atoms with Gasteiger partial charge in [0, 0.05) is 0 Å². The summed E-state index contributed by atoms with van der Waals surface area (Å²) in [5.41, 5.74) is 1.58. The van der Waals surface area contributed by atoms with Gasteiger partial charge in [-0.2, -0.15) is 0 Å². The van der Waals surface area contributed by atoms with Crippen molar-refractivity contribution in [2.24, 2.45) is 0 Å². The number of ether oxygens (including phenoxy) is 1. The molecule has 0 amide bonds. The molecule has 4 rings (SSSR count). The molecule has 24 heavy (non-hydrogen) atoms. The van der Waals surface area contributed by atoms with Gasteiger partial charge in [-0.15, -0.1) is 10.2 Å². The number of aromatic nitrogens is 4. The van der Waals surface area contributed by atoms with E-state index in [0.717, 1.165) is 11.4 Å². The minimum atomic E-state index is 0.287. The number of hydrogen-bond donors (Lipinski definition) is 0. The van der Waals surface area contributed by atoms with E-state index >= 15 is 0 Å². The molecule has 1 aromatic carbocycles. The highest BCUT2D eigenvalue weighted by molar-refractivity contribution is 5.47. The lowest BCUT2D eigenvalue weighted by molar-refractivity contribution is 0.298. The van der Waals surface area contributed by atoms with E-state index in [2.05, 4.69) is 15.2 Å². The third-order valence-corrected chi connectivity index (χ3v) is 3.55. The van der Waals surface area contributed by atoms with Gasteiger partial charge in [-0.3, -0.25) is 4.57 Å². The molecule has 0 bridgehead atoms. The van der Waals surface area contributed by atoms with Gasteiger partial charge in [-0.25, -0.2) is 4.98 Å². The smallest absolute Gasteiger partial charge is 0.263 e. The van der Waals surface area contributed by atoms with Crippen molar-refractivity contribution in [2.75, 3.05) is 0 Å². The highest BCUT2D eigenvalue weighted by atomic mass is 16.5. The normalized spacial score (nSPS) is 10.9. The molecule has 7 heteroatoms. The van der Waals surface area contributed by atoms with Crippen LogP contribution in [0, 0.1) is 6.92 Å². The first-order valence-corrected chi connectivity index (χ1v) is 7.38. The molecule has 4 aromatic rings. The van der Waals surface area contributed by atoms with Crippen molar-refractivity contribution in [3.63, 3.8) is 0 Å². The van der Waals surface area contributed by atoms with Crippen LogP contribution in [0.5, 0.6) is 5.75 Å². The molecule has 7 nitrogen and oxygen atoms in total. The summed E-state index contributed by atoms with van der Waals surface area (Å²) < 4.78 is 18.7. The first-order valence-electron chi connectivity index (χ1n) is 7.38. The molecule has 0 aliphatic heterocycles. The van der Waals surface area contributed by atoms with E-state index in [4.69, 9.17) is 13.6 Å². The number of para-hydroxylation sites is 2. The molecule has 120 valence electrons. The summed E-state index contributed by atoms with van der Waals surface area (Å²) in [5, 5.41) is 7.65. The largest absolute Gasteiger partial charge is 0.485 e. The first kappa shape index (κ1) is 14.3. The zero-order chi connectivity index (χ0) is 16.4. The Morgan fingerprint density at radius 3 is 2.71 bits per heavy atom. The Hall–Kier alpha value is -3.35. The fraction of sp³-hybridized carbons (Fsp3) is 0.118. The van der Waals surface area contributed by atoms with Crippen LogP contribution in [-0.2, 0) is 6.61 Å². The molecule has 0 spiro atoms. The monoisotopic (exact) mass is 322 g/mol. The average molecular weight is 322 g/mol. The molecule has 0 atom stereocenters. The second-order valence-corrected chi connectivity index (χ2v) is 5.12. The van der Waals surface area contributed by atoms with Crippen molar-refractivity contribution >= 4 is 0 Å². The molecular formula is C17H14N4O3. The molecule has 0 fully saturated rings. The highest BCUT2D eigenvalue weighted by Crippen LogP contribution is 2.25. The molecular weight excluding hydrogens is 308 g/mol. The van der Waals surface area contributed by atoms with Gasteiger partial charge < -0.3 is 13.6 Å². The van der Waals surface area contributed by atoms with E-state index in [9.17, 15) is 0 Å². The molecule has 0 N–H and O–H groups in total. The first-order chi connectivity index (χ1) is 11.8. The lowest BCUT2D eigenvalue weighted by Gasteiger charge is -2.10. The van der Waals surface area contributed by atoms with Crippen molar-refractivity contribution in [3.8, 4) is 23.1 Å². The second kappa shape index (κ2) is 6.04. The van der Waals surface area contributed by atoms with Gasteiger partial charge >= 0.3 is 0 Å². The molecule has 0 saturated carbocycles. The number of aryl methyl sites for hydroxylation is 1. The van der Waals surface area contributed by atoms with Crippen LogP contribution >= 0.6 is 0 Å². The summed E-state index contributed by atoms with van der Waals surface area (Å²) in [4.78, 5) is 4.44. The Balaban J connectivity index is 1.56. The quantitative estimate of drug-likeness (QED) is 0.560. The Morgan fingerprint density at radius 2 is 1.92 bits per heavy atom. The molecule has 3 heterocycles. The van der Waals surface area contributed by atoms with Crippen molar-refractivity contribution in [2.45, 2.75) is 13.5 Å². The summed E-state index contributed by atoms with van der Waals surface area (Å²) in [5.74, 6) is 2.44. The van der Waals surface area contributed by atoms with Gasteiger partial charge in [0.1, 0.15) is 36.5 Å². The van der Waals surface area contributed by atoms with Crippen LogP contribution in [0.3, 0.4) is 0 Å². The van der Waals surface area contributed by atoms with Crippen molar-refractivity contribution < 1.29 is 13.6 Å². The predicted octanol–water partition coefficient (Wildman–Crippen LogP) is 3.40. The van der Waals surface area contributed by atoms with E-state index in [1.54, 1.807) is 35.6 Å². The lowest BCUT2D eigenvalue weighted by atomic mass is 10.3. The average Bonchev–Trinajstić information content (AvgIpc) is 3.35. The Kier molecular flexibility index (Phi) is 3.59. The Bertz CT molecular complexity index is 927. The number of hydrogen-bond acceptors (Lipinski definition) is 6. The zero-order valence-corrected chi connectivity index (χ0v) is 12.9. The Labute approximate surface area is 137 Å². The maximum absolute atomic E-state index is 5.93. The highest BCUT2D eigenvalue weighted by Gasteiger charge is 2.14. The zero-order valence-electron chi connectivity index (χ0n) is 12.9. The molecule has 3 aromatic heterocycles. The van der Waals surface area contributed by atoms with E-state index < -0.39 is 0 Å². The number of benzene rings is 1. The van der Waals surface area contributed by atoms with E-state index in [0.29, 0.717) is 23.2 Å². The van der Waals surface area contributed by atoms with Gasteiger partial charge in [-0.1, -0.05) is 12.1 Å². The van der Waals surface area contributed by atoms with Gasteiger partial charge in [0.15, 0.2) is 5.76 Å². The van der Waals surface area contributed by atoms with Crippen LogP contribution < -0.4 is 4.74 Å². The van der Waals surface area contributed by atoms with E-state index in [1.165, 1.54) is 0 Å². The number of furan rings is 1. The second-order valence-electron chi connectivity index (χ2n) is 5.12. The van der Waals surface area contributed by atoms with Gasteiger partial charge in [0.05, 0.1) is 12.0 Å². The fourth-order valence-corrected chi connectivity index (χ4v) is 2.33. The topological polar surface area (TPSA) is 79.1 Å². The summed E-state index contributed by atoms with van der Waals surface area (Å²) in [6.45, 7) is 2.14. The molecule has 0 aliphatic carbocycles. The molecule has 0 unspecified atom stereocenters. The van der Waals surface area contributed by atoms with Crippen LogP contribution in [0.2, 0.25) is 0 Å². The van der Waals surface area contributed by atoms with E-state index in [-0.39, 0.29) is 6.61 Å². The number of nitrogens with zero attached hydrogens (tertiary/aromatic N) is 4. The van der Waals surface area contributed by atoms with Crippen molar-refractivity contribution in [3.05, 3.63) is 66.8 Å². The summed E-state index contributed by atoms with van der Waals surface area (Å²) in [6.07, 6.45) is 4.83. The number of oxazole rings is 1. The Morgan fingerprint density at radius 1 is 1.08 bits per heavy atom. The van der Waals surface area contributed by atoms with Crippen LogP contribution in [0.4, 0.5) is 0 Å². The summed E-state index contributed by atoms with van der Waals surface area (Å²) in [7, 11) is 0. The minimum absolute atomic E-state index is 0.287. The van der Waals surface area contributed by atoms with Crippen molar-refractivity contribution in [1.82, 2.24) is 19.7 Å². The molecule has 0 saturated heterocycles. The fourth-order valence-electron chi connectivity index (χ4n) is 2.33. The van der Waals surface area contributed by atoms with Gasteiger partial charge in [0.2, 0.25) is 0 Å². The van der Waals surface area contributed by atoms with Gasteiger partial charge in [0.25, 0.3) is 5.89 Å². The standard InChI is InChI=1S/C17H14N4O3/c1-12-13(20-17(24-12)16-7-4-8-22-16)9-23-15-6-3-2-5-14(15)21-10-18-19-11-21/h2-8,10-11H,9H2,1H3. The third-order valence-electron chi connectivity index (χ3n) is 3.55. The van der Waals surface area contributed by atoms with Gasteiger partial charge in [-0.05, 0) is 31.2 Å². The minimum Gasteiger partial charge on any atom is -0.485 e. The lowest BCUT2D eigenvalue weighted by Crippen LogP contribution is -2.01. The van der Waals surface area contributed by atoms with Crippen LogP contribution in [0.25, 0.3) is 17.3 Å². The third kappa shape index (κ3) is 2.67. The number of rotatable bonds is 5. The van der Waals surface area contributed by atoms with Crippen LogP contribution in [-0.4, -0.2) is 19.7 Å². The van der Waals surface area contributed by atoms with Crippen LogP contribution in [0.15, 0.2) is 64.2 Å². The summed E-state index contributed by atoms with van der Waals surface area (Å²) in [6, 6.07) is 11.3. The summed E-state index contributed by atoms with van der Waals surface area (Å²) >= 11 is 0. The van der Waals surface area contributed by atoms with Crippen molar-refractivity contribution in [1.29, 1.82) is 0 Å².